The van der Waals surface area contributed by atoms with E-state index in [1.54, 1.807) is 7.11 Å². The molecule has 15 heavy (non-hydrogen) atoms. The van der Waals surface area contributed by atoms with Gasteiger partial charge in [-0.25, -0.2) is 4.98 Å². The Bertz CT molecular complexity index is 314. The summed E-state index contributed by atoms with van der Waals surface area (Å²) in [5.74, 6) is 0. The molecule has 86 valence electrons. The Morgan fingerprint density at radius 1 is 1.60 bits per heavy atom. The number of aromatic nitrogens is 1. The van der Waals surface area contributed by atoms with Gasteiger partial charge in [0.05, 0.1) is 29.8 Å². The molecule has 1 aromatic heterocycles. The van der Waals surface area contributed by atoms with Gasteiger partial charge in [0.25, 0.3) is 0 Å². The average Bonchev–Trinajstić information content (AvgIpc) is 2.59. The molecule has 0 amide bonds. The van der Waals surface area contributed by atoms with Gasteiger partial charge in [-0.05, 0) is 13.8 Å². The van der Waals surface area contributed by atoms with Crippen molar-refractivity contribution in [2.45, 2.75) is 26.5 Å². The maximum Gasteiger partial charge on any atom is 0.185 e. The summed E-state index contributed by atoms with van der Waals surface area (Å²) in [4.78, 5) is 7.42. The smallest absolute Gasteiger partial charge is 0.185 e. The molecule has 4 nitrogen and oxygen atoms in total. The molecule has 1 unspecified atom stereocenters. The average molecular weight is 230 g/mol. The number of aryl methyl sites for hydroxylation is 1. The number of nitrogens with zero attached hydrogens (tertiary/aromatic N) is 2. The quantitative estimate of drug-likeness (QED) is 0.831. The third kappa shape index (κ3) is 2.90. The monoisotopic (exact) mass is 230 g/mol. The van der Waals surface area contributed by atoms with E-state index in [2.05, 4.69) is 16.8 Å². The van der Waals surface area contributed by atoms with E-state index < -0.39 is 0 Å². The first kappa shape index (κ1) is 12.4. The van der Waals surface area contributed by atoms with E-state index in [9.17, 15) is 0 Å². The van der Waals surface area contributed by atoms with Crippen molar-refractivity contribution in [2.75, 3.05) is 25.7 Å². The summed E-state index contributed by atoms with van der Waals surface area (Å²) < 4.78 is 5.10. The molecule has 0 radical (unpaired) electrons. The van der Waals surface area contributed by atoms with Gasteiger partial charge in [-0.1, -0.05) is 11.3 Å². The Morgan fingerprint density at radius 2 is 2.27 bits per heavy atom. The van der Waals surface area contributed by atoms with Crippen molar-refractivity contribution in [2.24, 2.45) is 0 Å². The third-order valence-electron chi connectivity index (χ3n) is 2.40. The van der Waals surface area contributed by atoms with E-state index >= 15 is 0 Å². The summed E-state index contributed by atoms with van der Waals surface area (Å²) in [6, 6.07) is 0.284. The number of aliphatic hydroxyl groups is 1. The molecule has 0 fully saturated rings. The highest BCUT2D eigenvalue weighted by molar-refractivity contribution is 7.15. The lowest BCUT2D eigenvalue weighted by Crippen LogP contribution is -2.32. The zero-order chi connectivity index (χ0) is 11.4. The fraction of sp³-hybridized carbons (Fsp3) is 0.700. The lowest BCUT2D eigenvalue weighted by molar-refractivity contribution is 0.183. The van der Waals surface area contributed by atoms with Crippen LogP contribution in [0.25, 0.3) is 0 Å². The summed E-state index contributed by atoms with van der Waals surface area (Å²) in [7, 11) is 3.68. The molecule has 1 heterocycles. The number of aliphatic hydroxyl groups excluding tert-OH is 1. The number of rotatable bonds is 5. The van der Waals surface area contributed by atoms with Gasteiger partial charge in [-0.15, -0.1) is 0 Å². The molecule has 1 rings (SSSR count). The van der Waals surface area contributed by atoms with Crippen molar-refractivity contribution in [1.82, 2.24) is 4.98 Å². The molecule has 0 saturated heterocycles. The Balaban J connectivity index is 2.77. The van der Waals surface area contributed by atoms with Gasteiger partial charge in [-0.2, -0.15) is 0 Å². The fourth-order valence-electron chi connectivity index (χ4n) is 1.25. The van der Waals surface area contributed by atoms with E-state index in [0.29, 0.717) is 6.61 Å². The van der Waals surface area contributed by atoms with Crippen LogP contribution >= 0.6 is 11.3 Å². The topological polar surface area (TPSA) is 45.6 Å². The van der Waals surface area contributed by atoms with Crippen LogP contribution in [0.2, 0.25) is 0 Å². The first-order valence-electron chi connectivity index (χ1n) is 4.89. The summed E-state index contributed by atoms with van der Waals surface area (Å²) in [5, 5.41) is 10.0. The van der Waals surface area contributed by atoms with Crippen molar-refractivity contribution in [1.29, 1.82) is 0 Å². The van der Waals surface area contributed by atoms with Crippen LogP contribution in [0.15, 0.2) is 0 Å². The zero-order valence-electron chi connectivity index (χ0n) is 9.65. The van der Waals surface area contributed by atoms with E-state index in [-0.39, 0.29) is 12.6 Å². The Morgan fingerprint density at radius 3 is 2.73 bits per heavy atom. The number of thiazole rings is 1. The van der Waals surface area contributed by atoms with Crippen LogP contribution in [0.4, 0.5) is 5.13 Å². The maximum atomic E-state index is 9.08. The van der Waals surface area contributed by atoms with Gasteiger partial charge in [0.2, 0.25) is 0 Å². The number of hydrogen-bond acceptors (Lipinski definition) is 5. The van der Waals surface area contributed by atoms with Crippen molar-refractivity contribution < 1.29 is 9.84 Å². The largest absolute Gasteiger partial charge is 0.391 e. The number of hydrogen-bond donors (Lipinski definition) is 1. The van der Waals surface area contributed by atoms with Crippen LogP contribution < -0.4 is 4.90 Å². The predicted molar refractivity (Wildman–Crippen MR) is 62.5 cm³/mol. The lowest BCUT2D eigenvalue weighted by atomic mass is 10.3. The molecule has 5 heteroatoms. The maximum absolute atomic E-state index is 9.08. The molecule has 0 bridgehead atoms. The summed E-state index contributed by atoms with van der Waals surface area (Å²) in [6.07, 6.45) is 0. The molecule has 1 N–H and O–H groups in total. The number of anilines is 1. The first-order chi connectivity index (χ1) is 7.10. The lowest BCUT2D eigenvalue weighted by Gasteiger charge is -2.23. The highest BCUT2D eigenvalue weighted by Crippen LogP contribution is 2.26. The van der Waals surface area contributed by atoms with E-state index in [1.165, 1.54) is 11.3 Å². The number of methoxy groups -OCH3 is 1. The van der Waals surface area contributed by atoms with Crippen LogP contribution in [0.3, 0.4) is 0 Å². The van der Waals surface area contributed by atoms with Crippen LogP contribution in [0.1, 0.15) is 17.5 Å². The number of ether oxygens (including phenoxy) is 1. The van der Waals surface area contributed by atoms with E-state index in [4.69, 9.17) is 9.84 Å². The van der Waals surface area contributed by atoms with Crippen LogP contribution in [-0.4, -0.2) is 36.9 Å². The van der Waals surface area contributed by atoms with Gasteiger partial charge in [-0.3, -0.25) is 0 Å². The highest BCUT2D eigenvalue weighted by atomic mass is 32.1. The van der Waals surface area contributed by atoms with Crippen molar-refractivity contribution in [3.63, 3.8) is 0 Å². The molecule has 0 aliphatic heterocycles. The molecule has 1 atom stereocenters. The van der Waals surface area contributed by atoms with Crippen molar-refractivity contribution >= 4 is 16.5 Å². The van der Waals surface area contributed by atoms with E-state index in [0.717, 1.165) is 15.7 Å². The Labute approximate surface area is 94.5 Å². The van der Waals surface area contributed by atoms with Gasteiger partial charge < -0.3 is 14.7 Å². The highest BCUT2D eigenvalue weighted by Gasteiger charge is 2.15. The second-order valence-electron chi connectivity index (χ2n) is 3.58. The molecule has 0 saturated carbocycles. The second kappa shape index (κ2) is 5.44. The normalized spacial score (nSPS) is 12.9. The molecule has 1 aromatic rings. The second-order valence-corrected chi connectivity index (χ2v) is 4.64. The molecule has 0 aliphatic rings. The molecule has 0 spiro atoms. The molecule has 0 aromatic carbocycles. The molecule has 0 aliphatic carbocycles. The zero-order valence-corrected chi connectivity index (χ0v) is 10.5. The standard InChI is InChI=1S/C10H18N2O2S/c1-7(6-14-4)12(3)10-11-8(2)9(5-13)15-10/h7,13H,5-6H2,1-4H3. The number of likely N-dealkylation sites (N-methyl/N-ethyl adjacent to an activating group) is 1. The van der Waals surface area contributed by atoms with Crippen LogP contribution in [0.5, 0.6) is 0 Å². The fourth-order valence-corrected chi connectivity index (χ4v) is 2.24. The van der Waals surface area contributed by atoms with Gasteiger partial charge in [0, 0.05) is 14.2 Å². The van der Waals surface area contributed by atoms with Gasteiger partial charge in [0.1, 0.15) is 0 Å². The van der Waals surface area contributed by atoms with Gasteiger partial charge in [0.15, 0.2) is 5.13 Å². The summed E-state index contributed by atoms with van der Waals surface area (Å²) in [5.41, 5.74) is 0.911. The van der Waals surface area contributed by atoms with Crippen molar-refractivity contribution in [3.05, 3.63) is 10.6 Å². The summed E-state index contributed by atoms with van der Waals surface area (Å²) >= 11 is 1.53. The van der Waals surface area contributed by atoms with E-state index in [1.807, 2.05) is 14.0 Å². The SMILES string of the molecule is COCC(C)N(C)c1nc(C)c(CO)s1. The third-order valence-corrected chi connectivity index (χ3v) is 3.63. The summed E-state index contributed by atoms with van der Waals surface area (Å²) in [6.45, 7) is 4.73. The first-order valence-corrected chi connectivity index (χ1v) is 5.70. The Kier molecular flexibility index (Phi) is 4.50. The van der Waals surface area contributed by atoms with Crippen LogP contribution in [0, 0.1) is 6.92 Å². The Hall–Kier alpha value is -0.650. The molecular weight excluding hydrogens is 212 g/mol. The van der Waals surface area contributed by atoms with Crippen molar-refractivity contribution in [3.8, 4) is 0 Å². The van der Waals surface area contributed by atoms with Crippen LogP contribution in [-0.2, 0) is 11.3 Å². The minimum Gasteiger partial charge on any atom is -0.391 e. The molecular formula is C10H18N2O2S. The minimum absolute atomic E-state index is 0.0655. The van der Waals surface area contributed by atoms with Gasteiger partial charge >= 0.3 is 0 Å². The minimum atomic E-state index is 0.0655. The predicted octanol–water partition coefficient (Wildman–Crippen LogP) is 1.41.